The molecule has 0 spiro atoms. The number of rotatable bonds is 3. The Morgan fingerprint density at radius 1 is 1.31 bits per heavy atom. The van der Waals surface area contributed by atoms with Gasteiger partial charge in [-0.25, -0.2) is 13.6 Å². The van der Waals surface area contributed by atoms with Gasteiger partial charge in [0.1, 0.15) is 0 Å². The molecule has 0 aliphatic heterocycles. The molecule has 0 fully saturated rings. The maximum atomic E-state index is 10.8. The van der Waals surface area contributed by atoms with E-state index in [0.29, 0.717) is 6.61 Å². The van der Waals surface area contributed by atoms with Crippen molar-refractivity contribution < 1.29 is 13.2 Å². The van der Waals surface area contributed by atoms with Gasteiger partial charge in [0.2, 0.25) is 10.0 Å². The third-order valence-corrected chi connectivity index (χ3v) is 2.49. The second kappa shape index (κ2) is 3.87. The molecule has 0 atom stereocenters. The molecule has 0 unspecified atom stereocenters. The van der Waals surface area contributed by atoms with Crippen molar-refractivity contribution in [1.82, 2.24) is 0 Å². The number of sulfonamides is 1. The Morgan fingerprint density at radius 3 is 2.23 bits per heavy atom. The summed E-state index contributed by atoms with van der Waals surface area (Å²) in [7, 11) is -2.00. The van der Waals surface area contributed by atoms with Gasteiger partial charge in [-0.3, -0.25) is 0 Å². The van der Waals surface area contributed by atoms with Gasteiger partial charge in [-0.15, -0.1) is 0 Å². The topological polar surface area (TPSA) is 69.4 Å². The largest absolute Gasteiger partial charge is 0.380 e. The summed E-state index contributed by atoms with van der Waals surface area (Å²) in [5.41, 5.74) is 0.912. The molecule has 0 aromatic heterocycles. The summed E-state index contributed by atoms with van der Waals surface area (Å²) < 4.78 is 26.6. The molecule has 13 heavy (non-hydrogen) atoms. The molecule has 0 saturated heterocycles. The Hall–Kier alpha value is -0.910. The monoisotopic (exact) mass is 201 g/mol. The van der Waals surface area contributed by atoms with Crippen molar-refractivity contribution in [2.45, 2.75) is 11.5 Å². The maximum absolute atomic E-state index is 10.8. The first-order valence-electron chi connectivity index (χ1n) is 3.65. The predicted molar refractivity (Wildman–Crippen MR) is 48.5 cm³/mol. The van der Waals surface area contributed by atoms with E-state index in [4.69, 9.17) is 9.88 Å². The summed E-state index contributed by atoms with van der Waals surface area (Å²) in [6, 6.07) is 6.26. The lowest BCUT2D eigenvalue weighted by atomic mass is 10.2. The standard InChI is InChI=1S/C8H11NO3S/c1-12-6-7-2-4-8(5-3-7)13(9,10)11/h2-5H,6H2,1H3,(H2,9,10,11). The lowest BCUT2D eigenvalue weighted by molar-refractivity contribution is 0.185. The van der Waals surface area contributed by atoms with Crippen molar-refractivity contribution in [3.8, 4) is 0 Å². The van der Waals surface area contributed by atoms with Gasteiger partial charge >= 0.3 is 0 Å². The zero-order chi connectivity index (χ0) is 9.90. The van der Waals surface area contributed by atoms with Crippen LogP contribution in [-0.2, 0) is 21.4 Å². The Bertz CT molecular complexity index is 369. The second-order valence-electron chi connectivity index (χ2n) is 2.62. The molecule has 72 valence electrons. The molecule has 0 radical (unpaired) electrons. The molecule has 1 aromatic carbocycles. The van der Waals surface area contributed by atoms with Gasteiger partial charge in [0.15, 0.2) is 0 Å². The highest BCUT2D eigenvalue weighted by atomic mass is 32.2. The molecule has 5 heteroatoms. The molecule has 0 aliphatic carbocycles. The van der Waals surface area contributed by atoms with E-state index < -0.39 is 10.0 Å². The molecule has 0 aliphatic rings. The van der Waals surface area contributed by atoms with Crippen LogP contribution in [0.25, 0.3) is 0 Å². The number of nitrogens with two attached hydrogens (primary N) is 1. The summed E-state index contributed by atoms with van der Waals surface area (Å²) in [4.78, 5) is 0.118. The van der Waals surface area contributed by atoms with Crippen molar-refractivity contribution in [2.75, 3.05) is 7.11 Å². The average Bonchev–Trinajstić information content (AvgIpc) is 2.04. The van der Waals surface area contributed by atoms with Gasteiger partial charge < -0.3 is 4.74 Å². The second-order valence-corrected chi connectivity index (χ2v) is 4.18. The molecule has 2 N–H and O–H groups in total. The fourth-order valence-corrected chi connectivity index (χ4v) is 1.46. The van der Waals surface area contributed by atoms with Crippen molar-refractivity contribution >= 4 is 10.0 Å². The number of hydrogen-bond donors (Lipinski definition) is 1. The van der Waals surface area contributed by atoms with Crippen molar-refractivity contribution in [1.29, 1.82) is 0 Å². The lowest BCUT2D eigenvalue weighted by Crippen LogP contribution is -2.11. The van der Waals surface area contributed by atoms with Crippen LogP contribution in [0.15, 0.2) is 29.2 Å². The van der Waals surface area contributed by atoms with Gasteiger partial charge in [-0.2, -0.15) is 0 Å². The van der Waals surface area contributed by atoms with Gasteiger partial charge in [0.25, 0.3) is 0 Å². The zero-order valence-corrected chi connectivity index (χ0v) is 8.04. The van der Waals surface area contributed by atoms with Gasteiger partial charge in [0.05, 0.1) is 11.5 Å². The van der Waals surface area contributed by atoms with Crippen LogP contribution in [0.1, 0.15) is 5.56 Å². The van der Waals surface area contributed by atoms with Crippen LogP contribution in [0.3, 0.4) is 0 Å². The van der Waals surface area contributed by atoms with Gasteiger partial charge in [-0.05, 0) is 17.7 Å². The highest BCUT2D eigenvalue weighted by molar-refractivity contribution is 7.89. The first-order chi connectivity index (χ1) is 6.04. The molecule has 0 heterocycles. The number of primary sulfonamides is 1. The minimum absolute atomic E-state index is 0.118. The summed E-state index contributed by atoms with van der Waals surface area (Å²) in [6.45, 7) is 0.463. The zero-order valence-electron chi connectivity index (χ0n) is 7.23. The molecule has 0 amide bonds. The van der Waals surface area contributed by atoms with Gasteiger partial charge in [0, 0.05) is 7.11 Å². The molecule has 0 saturated carbocycles. The predicted octanol–water partition coefficient (Wildman–Crippen LogP) is 0.480. The fraction of sp³-hybridized carbons (Fsp3) is 0.250. The van der Waals surface area contributed by atoms with Crippen LogP contribution in [0.4, 0.5) is 0 Å². The number of hydrogen-bond acceptors (Lipinski definition) is 3. The van der Waals surface area contributed by atoms with E-state index in [0.717, 1.165) is 5.56 Å². The van der Waals surface area contributed by atoms with Crippen LogP contribution in [0, 0.1) is 0 Å². The first-order valence-corrected chi connectivity index (χ1v) is 5.19. The summed E-state index contributed by atoms with van der Waals surface area (Å²) in [6.07, 6.45) is 0. The fourth-order valence-electron chi connectivity index (χ4n) is 0.942. The van der Waals surface area contributed by atoms with E-state index in [-0.39, 0.29) is 4.90 Å². The van der Waals surface area contributed by atoms with Crippen LogP contribution in [-0.4, -0.2) is 15.5 Å². The summed E-state index contributed by atoms with van der Waals surface area (Å²) in [5, 5.41) is 4.92. The molecule has 1 aromatic rings. The Morgan fingerprint density at radius 2 is 1.85 bits per heavy atom. The Balaban J connectivity index is 2.94. The number of benzene rings is 1. The van der Waals surface area contributed by atoms with Crippen LogP contribution in [0.5, 0.6) is 0 Å². The summed E-state index contributed by atoms with van der Waals surface area (Å²) >= 11 is 0. The first kappa shape index (κ1) is 10.2. The third kappa shape index (κ3) is 2.80. The van der Waals surface area contributed by atoms with Crippen LogP contribution >= 0.6 is 0 Å². The van der Waals surface area contributed by atoms with Crippen LogP contribution < -0.4 is 5.14 Å². The van der Waals surface area contributed by atoms with Crippen LogP contribution in [0.2, 0.25) is 0 Å². The van der Waals surface area contributed by atoms with E-state index in [2.05, 4.69) is 0 Å². The van der Waals surface area contributed by atoms with Crippen molar-refractivity contribution in [2.24, 2.45) is 5.14 Å². The van der Waals surface area contributed by atoms with Crippen molar-refractivity contribution in [3.05, 3.63) is 29.8 Å². The molecular formula is C8H11NO3S. The smallest absolute Gasteiger partial charge is 0.238 e. The van der Waals surface area contributed by atoms with E-state index >= 15 is 0 Å². The Labute approximate surface area is 77.4 Å². The minimum Gasteiger partial charge on any atom is -0.380 e. The highest BCUT2D eigenvalue weighted by Gasteiger charge is 2.05. The molecular weight excluding hydrogens is 190 g/mol. The van der Waals surface area contributed by atoms with E-state index in [1.54, 1.807) is 19.2 Å². The summed E-state index contributed by atoms with van der Waals surface area (Å²) in [5.74, 6) is 0. The number of methoxy groups -OCH3 is 1. The SMILES string of the molecule is COCc1ccc(S(N)(=O)=O)cc1. The molecule has 1 rings (SSSR count). The quantitative estimate of drug-likeness (QED) is 0.773. The van der Waals surface area contributed by atoms with E-state index in [1.165, 1.54) is 12.1 Å². The molecule has 0 bridgehead atoms. The highest BCUT2D eigenvalue weighted by Crippen LogP contribution is 2.08. The maximum Gasteiger partial charge on any atom is 0.238 e. The molecule has 4 nitrogen and oxygen atoms in total. The normalized spacial score (nSPS) is 11.5. The van der Waals surface area contributed by atoms with E-state index in [1.807, 2.05) is 0 Å². The van der Waals surface area contributed by atoms with E-state index in [9.17, 15) is 8.42 Å². The lowest BCUT2D eigenvalue weighted by Gasteiger charge is -2.00. The van der Waals surface area contributed by atoms with Crippen molar-refractivity contribution in [3.63, 3.8) is 0 Å². The average molecular weight is 201 g/mol. The Kier molecular flexibility index (Phi) is 3.02. The third-order valence-electron chi connectivity index (χ3n) is 1.56. The number of ether oxygens (including phenoxy) is 1. The minimum atomic E-state index is -3.58. The van der Waals surface area contributed by atoms with Gasteiger partial charge in [-0.1, -0.05) is 12.1 Å².